The predicted molar refractivity (Wildman–Crippen MR) is 66.4 cm³/mol. The van der Waals surface area contributed by atoms with Crippen molar-refractivity contribution in [1.29, 1.82) is 0 Å². The normalized spacial score (nSPS) is 10.5. The molecule has 1 aromatic carbocycles. The third-order valence-corrected chi connectivity index (χ3v) is 2.79. The Balaban J connectivity index is 2.00. The molecule has 0 aliphatic carbocycles. The standard InChI is InChI=1S/C11H9BrF2N4O/c12-7-5-8(13)10(9(14)6-7)11(19)15-1-3-18-4-2-16-17-18/h2,4-6H,1,3H2,(H,15,19). The van der Waals surface area contributed by atoms with E-state index in [2.05, 4.69) is 31.6 Å². The summed E-state index contributed by atoms with van der Waals surface area (Å²) in [6.45, 7) is 0.558. The van der Waals surface area contributed by atoms with Gasteiger partial charge in [0.2, 0.25) is 0 Å². The maximum absolute atomic E-state index is 13.5. The van der Waals surface area contributed by atoms with Crippen molar-refractivity contribution in [3.63, 3.8) is 0 Å². The van der Waals surface area contributed by atoms with Gasteiger partial charge in [0.05, 0.1) is 12.7 Å². The van der Waals surface area contributed by atoms with Crippen LogP contribution in [0, 0.1) is 11.6 Å². The third-order valence-electron chi connectivity index (χ3n) is 2.33. The highest BCUT2D eigenvalue weighted by Gasteiger charge is 2.17. The van der Waals surface area contributed by atoms with Crippen LogP contribution in [0.2, 0.25) is 0 Å². The highest BCUT2D eigenvalue weighted by molar-refractivity contribution is 9.10. The second-order valence-electron chi connectivity index (χ2n) is 3.67. The first-order valence-corrected chi connectivity index (χ1v) is 6.14. The highest BCUT2D eigenvalue weighted by Crippen LogP contribution is 2.19. The van der Waals surface area contributed by atoms with E-state index in [1.807, 2.05) is 0 Å². The van der Waals surface area contributed by atoms with Gasteiger partial charge in [0.1, 0.15) is 17.2 Å². The summed E-state index contributed by atoms with van der Waals surface area (Å²) in [6.07, 6.45) is 3.11. The molecule has 8 heteroatoms. The summed E-state index contributed by atoms with van der Waals surface area (Å²) >= 11 is 2.94. The number of carbonyl (C=O) groups excluding carboxylic acids is 1. The maximum Gasteiger partial charge on any atom is 0.257 e. The van der Waals surface area contributed by atoms with Gasteiger partial charge in [-0.2, -0.15) is 0 Å². The molecule has 0 saturated heterocycles. The van der Waals surface area contributed by atoms with Gasteiger partial charge in [-0.05, 0) is 12.1 Å². The van der Waals surface area contributed by atoms with Crippen molar-refractivity contribution in [2.45, 2.75) is 6.54 Å². The monoisotopic (exact) mass is 330 g/mol. The minimum Gasteiger partial charge on any atom is -0.350 e. The molecule has 1 aromatic heterocycles. The van der Waals surface area contributed by atoms with Crippen LogP contribution in [0.4, 0.5) is 8.78 Å². The lowest BCUT2D eigenvalue weighted by Gasteiger charge is -2.07. The molecule has 0 aliphatic heterocycles. The highest BCUT2D eigenvalue weighted by atomic mass is 79.9. The Kier molecular flexibility index (Phi) is 4.20. The van der Waals surface area contributed by atoms with Crippen LogP contribution < -0.4 is 5.32 Å². The van der Waals surface area contributed by atoms with Crippen molar-refractivity contribution in [2.24, 2.45) is 0 Å². The number of carbonyl (C=O) groups is 1. The van der Waals surface area contributed by atoms with Gasteiger partial charge < -0.3 is 5.32 Å². The smallest absolute Gasteiger partial charge is 0.257 e. The van der Waals surface area contributed by atoms with E-state index in [4.69, 9.17) is 0 Å². The Hall–Kier alpha value is -1.83. The average molecular weight is 331 g/mol. The zero-order valence-electron chi connectivity index (χ0n) is 9.61. The van der Waals surface area contributed by atoms with Crippen LogP contribution in [0.25, 0.3) is 0 Å². The number of rotatable bonds is 4. The summed E-state index contributed by atoms with van der Waals surface area (Å²) in [5.74, 6) is -2.63. The number of amides is 1. The van der Waals surface area contributed by atoms with Crippen LogP contribution in [0.3, 0.4) is 0 Å². The fourth-order valence-electron chi connectivity index (χ4n) is 1.48. The minimum absolute atomic E-state index is 0.192. The van der Waals surface area contributed by atoms with Gasteiger partial charge in [0.25, 0.3) is 5.91 Å². The van der Waals surface area contributed by atoms with Crippen LogP contribution in [-0.4, -0.2) is 27.4 Å². The summed E-state index contributed by atoms with van der Waals surface area (Å²) < 4.78 is 28.7. The fraction of sp³-hybridized carbons (Fsp3) is 0.182. The van der Waals surface area contributed by atoms with E-state index in [0.717, 1.165) is 12.1 Å². The number of nitrogens with one attached hydrogen (secondary N) is 1. The molecule has 0 saturated carbocycles. The molecule has 1 heterocycles. The van der Waals surface area contributed by atoms with Crippen molar-refractivity contribution in [2.75, 3.05) is 6.54 Å². The molecule has 1 N–H and O–H groups in total. The number of hydrogen-bond donors (Lipinski definition) is 1. The lowest BCUT2D eigenvalue weighted by atomic mass is 10.2. The summed E-state index contributed by atoms with van der Waals surface area (Å²) in [7, 11) is 0. The van der Waals surface area contributed by atoms with Gasteiger partial charge in [-0.15, -0.1) is 5.10 Å². The van der Waals surface area contributed by atoms with Crippen LogP contribution in [0.5, 0.6) is 0 Å². The van der Waals surface area contributed by atoms with Gasteiger partial charge in [-0.1, -0.05) is 21.1 Å². The molecule has 0 atom stereocenters. The Labute approximate surface area is 115 Å². The molecular formula is C11H9BrF2N4O. The third kappa shape index (κ3) is 3.34. The number of nitrogens with zero attached hydrogens (tertiary/aromatic N) is 3. The topological polar surface area (TPSA) is 59.8 Å². The number of benzene rings is 1. The van der Waals surface area contributed by atoms with Gasteiger partial charge in [0.15, 0.2) is 0 Å². The van der Waals surface area contributed by atoms with Gasteiger partial charge in [0, 0.05) is 17.2 Å². The molecule has 2 aromatic rings. The second-order valence-corrected chi connectivity index (χ2v) is 4.58. The quantitative estimate of drug-likeness (QED) is 0.929. The van der Waals surface area contributed by atoms with Crippen molar-refractivity contribution in [3.8, 4) is 0 Å². The molecule has 0 radical (unpaired) electrons. The van der Waals surface area contributed by atoms with E-state index in [-0.39, 0.29) is 11.0 Å². The molecule has 1 amide bonds. The van der Waals surface area contributed by atoms with E-state index in [9.17, 15) is 13.6 Å². The Morgan fingerprint density at radius 3 is 2.63 bits per heavy atom. The van der Waals surface area contributed by atoms with Gasteiger partial charge in [-0.3, -0.25) is 9.48 Å². The molecule has 2 rings (SSSR count). The van der Waals surface area contributed by atoms with E-state index >= 15 is 0 Å². The fourth-order valence-corrected chi connectivity index (χ4v) is 1.89. The van der Waals surface area contributed by atoms with E-state index in [1.165, 1.54) is 10.9 Å². The molecule has 0 fully saturated rings. The van der Waals surface area contributed by atoms with E-state index in [1.54, 1.807) is 6.20 Å². The molecule has 0 spiro atoms. The molecular weight excluding hydrogens is 322 g/mol. The second kappa shape index (κ2) is 5.87. The maximum atomic E-state index is 13.5. The van der Waals surface area contributed by atoms with Crippen LogP contribution in [0.15, 0.2) is 29.0 Å². The van der Waals surface area contributed by atoms with Gasteiger partial charge in [-0.25, -0.2) is 8.78 Å². The molecule has 0 unspecified atom stereocenters. The SMILES string of the molecule is O=C(NCCn1ccnn1)c1c(F)cc(Br)cc1F. The minimum atomic E-state index is -0.912. The first-order chi connectivity index (χ1) is 9.08. The molecule has 19 heavy (non-hydrogen) atoms. The van der Waals surface area contributed by atoms with Crippen molar-refractivity contribution in [3.05, 3.63) is 46.2 Å². The van der Waals surface area contributed by atoms with Crippen LogP contribution in [-0.2, 0) is 6.54 Å². The molecule has 5 nitrogen and oxygen atoms in total. The van der Waals surface area contributed by atoms with E-state index in [0.29, 0.717) is 6.54 Å². The largest absolute Gasteiger partial charge is 0.350 e. The zero-order chi connectivity index (χ0) is 13.8. The van der Waals surface area contributed by atoms with Crippen LogP contribution in [0.1, 0.15) is 10.4 Å². The average Bonchev–Trinajstić information content (AvgIpc) is 2.80. The first kappa shape index (κ1) is 13.6. The Morgan fingerprint density at radius 1 is 1.37 bits per heavy atom. The van der Waals surface area contributed by atoms with Crippen LogP contribution >= 0.6 is 15.9 Å². The summed E-state index contributed by atoms with van der Waals surface area (Å²) in [4.78, 5) is 11.7. The number of halogens is 3. The molecule has 0 bridgehead atoms. The lowest BCUT2D eigenvalue weighted by Crippen LogP contribution is -2.29. The van der Waals surface area contributed by atoms with Crippen molar-refractivity contribution < 1.29 is 13.6 Å². The predicted octanol–water partition coefficient (Wildman–Crippen LogP) is 1.75. The number of hydrogen-bond acceptors (Lipinski definition) is 3. The summed E-state index contributed by atoms with van der Waals surface area (Å²) in [5, 5.41) is 9.70. The molecule has 0 aliphatic rings. The summed E-state index contributed by atoms with van der Waals surface area (Å²) in [5.41, 5.74) is -0.596. The Bertz CT molecular complexity index is 565. The molecule has 100 valence electrons. The van der Waals surface area contributed by atoms with Gasteiger partial charge >= 0.3 is 0 Å². The Morgan fingerprint density at radius 2 is 2.05 bits per heavy atom. The zero-order valence-corrected chi connectivity index (χ0v) is 11.2. The first-order valence-electron chi connectivity index (χ1n) is 5.35. The van der Waals surface area contributed by atoms with E-state index < -0.39 is 23.1 Å². The summed E-state index contributed by atoms with van der Waals surface area (Å²) in [6, 6.07) is 2.07. The lowest BCUT2D eigenvalue weighted by molar-refractivity contribution is 0.0943. The van der Waals surface area contributed by atoms with Crippen molar-refractivity contribution >= 4 is 21.8 Å². The number of aromatic nitrogens is 3. The van der Waals surface area contributed by atoms with Crippen molar-refractivity contribution in [1.82, 2.24) is 20.3 Å².